The topological polar surface area (TPSA) is 54.4 Å². The number of sulfone groups is 1. The molecule has 0 fully saturated rings. The van der Waals surface area contributed by atoms with Crippen LogP contribution in [0.4, 0.5) is 4.39 Å². The van der Waals surface area contributed by atoms with Gasteiger partial charge in [0.2, 0.25) is 0 Å². The van der Waals surface area contributed by atoms with Crippen molar-refractivity contribution in [3.05, 3.63) is 30.1 Å². The molecule has 0 aliphatic carbocycles. The number of hydrogen-bond donors (Lipinski definition) is 1. The molecule has 5 heteroatoms. The van der Waals surface area contributed by atoms with Crippen LogP contribution in [-0.2, 0) is 9.84 Å². The molecule has 0 amide bonds. The van der Waals surface area contributed by atoms with Gasteiger partial charge in [0.15, 0.2) is 9.84 Å². The molecule has 1 aromatic rings. The van der Waals surface area contributed by atoms with Gasteiger partial charge in [0.05, 0.1) is 16.2 Å². The Morgan fingerprint density at radius 3 is 2.13 bits per heavy atom. The van der Waals surface area contributed by atoms with Crippen LogP contribution in [0.2, 0.25) is 0 Å². The largest absolute Gasteiger partial charge is 0.389 e. The first-order valence-corrected chi connectivity index (χ1v) is 6.07. The summed E-state index contributed by atoms with van der Waals surface area (Å²) in [5, 5.41) is 9.42. The molecule has 0 spiro atoms. The lowest BCUT2D eigenvalue weighted by atomic mass is 10.2. The number of rotatable bonds is 3. The normalized spacial score (nSPS) is 12.8. The number of hydrogen-bond acceptors (Lipinski definition) is 3. The molecule has 0 aromatic heterocycles. The van der Waals surface area contributed by atoms with Crippen molar-refractivity contribution < 1.29 is 17.9 Å². The lowest BCUT2D eigenvalue weighted by Gasteiger charge is -2.16. The van der Waals surface area contributed by atoms with E-state index in [9.17, 15) is 17.9 Å². The van der Waals surface area contributed by atoms with Crippen LogP contribution in [0, 0.1) is 5.82 Å². The zero-order chi connectivity index (χ0) is 11.7. The van der Waals surface area contributed by atoms with Crippen LogP contribution < -0.4 is 0 Å². The summed E-state index contributed by atoms with van der Waals surface area (Å²) in [7, 11) is -3.55. The number of halogens is 1. The highest BCUT2D eigenvalue weighted by molar-refractivity contribution is 7.91. The van der Waals surface area contributed by atoms with Crippen LogP contribution in [0.1, 0.15) is 13.8 Å². The van der Waals surface area contributed by atoms with Crippen molar-refractivity contribution in [2.45, 2.75) is 24.3 Å². The standard InChI is InChI=1S/C10H13FO3S/c1-10(2,12)7-15(13,14)9-5-3-8(11)4-6-9/h3-6,12H,7H2,1-2H3. The SMILES string of the molecule is CC(C)(O)CS(=O)(=O)c1ccc(F)cc1. The van der Waals surface area contributed by atoms with Crippen molar-refractivity contribution in [2.24, 2.45) is 0 Å². The fourth-order valence-electron chi connectivity index (χ4n) is 1.19. The van der Waals surface area contributed by atoms with E-state index in [2.05, 4.69) is 0 Å². The van der Waals surface area contributed by atoms with E-state index in [-0.39, 0.29) is 10.6 Å². The van der Waals surface area contributed by atoms with Gasteiger partial charge in [0, 0.05) is 0 Å². The minimum Gasteiger partial charge on any atom is -0.389 e. The van der Waals surface area contributed by atoms with Crippen LogP contribution in [0.25, 0.3) is 0 Å². The highest BCUT2D eigenvalue weighted by Gasteiger charge is 2.24. The van der Waals surface area contributed by atoms with Crippen molar-refractivity contribution in [3.63, 3.8) is 0 Å². The first-order valence-electron chi connectivity index (χ1n) is 4.41. The molecule has 1 N–H and O–H groups in total. The Balaban J connectivity index is 3.02. The first-order chi connectivity index (χ1) is 6.71. The summed E-state index contributed by atoms with van der Waals surface area (Å²) in [6.45, 7) is 2.82. The molecule has 0 saturated carbocycles. The monoisotopic (exact) mass is 232 g/mol. The van der Waals surface area contributed by atoms with Crippen molar-refractivity contribution in [1.82, 2.24) is 0 Å². The summed E-state index contributed by atoms with van der Waals surface area (Å²) in [6, 6.07) is 4.54. The number of aliphatic hydroxyl groups is 1. The van der Waals surface area contributed by atoms with Crippen molar-refractivity contribution in [2.75, 3.05) is 5.75 Å². The first kappa shape index (κ1) is 12.1. The number of benzene rings is 1. The molecule has 0 aliphatic rings. The third-order valence-electron chi connectivity index (χ3n) is 1.72. The van der Waals surface area contributed by atoms with Crippen LogP contribution in [0.3, 0.4) is 0 Å². The molecular weight excluding hydrogens is 219 g/mol. The van der Waals surface area contributed by atoms with Gasteiger partial charge in [-0.2, -0.15) is 0 Å². The minimum atomic E-state index is -3.55. The smallest absolute Gasteiger partial charge is 0.181 e. The summed E-state index contributed by atoms with van der Waals surface area (Å²) in [5.74, 6) is -0.872. The molecule has 1 rings (SSSR count). The lowest BCUT2D eigenvalue weighted by molar-refractivity contribution is 0.105. The molecular formula is C10H13FO3S. The Kier molecular flexibility index (Phi) is 3.16. The van der Waals surface area contributed by atoms with Crippen molar-refractivity contribution in [1.29, 1.82) is 0 Å². The second-order valence-electron chi connectivity index (χ2n) is 4.03. The second-order valence-corrected chi connectivity index (χ2v) is 6.02. The van der Waals surface area contributed by atoms with Crippen LogP contribution in [-0.4, -0.2) is 24.9 Å². The molecule has 84 valence electrons. The Morgan fingerprint density at radius 1 is 1.27 bits per heavy atom. The van der Waals surface area contributed by atoms with Gasteiger partial charge in [-0.1, -0.05) is 0 Å². The molecule has 15 heavy (non-hydrogen) atoms. The van der Waals surface area contributed by atoms with E-state index < -0.39 is 21.3 Å². The molecule has 0 radical (unpaired) electrons. The summed E-state index contributed by atoms with van der Waals surface area (Å²) >= 11 is 0. The van der Waals surface area contributed by atoms with Gasteiger partial charge in [0.1, 0.15) is 5.82 Å². The average molecular weight is 232 g/mol. The molecule has 0 atom stereocenters. The molecule has 0 aliphatic heterocycles. The van der Waals surface area contributed by atoms with E-state index in [0.29, 0.717) is 0 Å². The Bertz CT molecular complexity index is 429. The molecule has 0 saturated heterocycles. The molecule has 0 heterocycles. The highest BCUT2D eigenvalue weighted by Crippen LogP contribution is 2.16. The predicted molar refractivity (Wildman–Crippen MR) is 54.8 cm³/mol. The van der Waals surface area contributed by atoms with Gasteiger partial charge < -0.3 is 5.11 Å². The van der Waals surface area contributed by atoms with Gasteiger partial charge in [-0.3, -0.25) is 0 Å². The van der Waals surface area contributed by atoms with E-state index in [1.165, 1.54) is 26.0 Å². The second kappa shape index (κ2) is 3.90. The molecule has 1 aromatic carbocycles. The lowest BCUT2D eigenvalue weighted by Crippen LogP contribution is -2.30. The zero-order valence-corrected chi connectivity index (χ0v) is 9.38. The zero-order valence-electron chi connectivity index (χ0n) is 8.57. The Hall–Kier alpha value is -0.940. The van der Waals surface area contributed by atoms with Gasteiger partial charge in [-0.05, 0) is 38.1 Å². The summed E-state index contributed by atoms with van der Waals surface area (Å²) < 4.78 is 35.9. The summed E-state index contributed by atoms with van der Waals surface area (Å²) in [4.78, 5) is 0.0195. The maximum atomic E-state index is 12.6. The van der Waals surface area contributed by atoms with Gasteiger partial charge >= 0.3 is 0 Å². The van der Waals surface area contributed by atoms with E-state index in [1.807, 2.05) is 0 Å². The van der Waals surface area contributed by atoms with E-state index >= 15 is 0 Å². The molecule has 3 nitrogen and oxygen atoms in total. The summed E-state index contributed by atoms with van der Waals surface area (Å²) in [5.41, 5.74) is -1.30. The summed E-state index contributed by atoms with van der Waals surface area (Å²) in [6.07, 6.45) is 0. The third-order valence-corrected chi connectivity index (χ3v) is 3.79. The fraction of sp³-hybridized carbons (Fsp3) is 0.400. The van der Waals surface area contributed by atoms with Crippen LogP contribution in [0.15, 0.2) is 29.2 Å². The van der Waals surface area contributed by atoms with E-state index in [4.69, 9.17) is 0 Å². The quantitative estimate of drug-likeness (QED) is 0.801. The van der Waals surface area contributed by atoms with Crippen LogP contribution in [0.5, 0.6) is 0 Å². The van der Waals surface area contributed by atoms with Gasteiger partial charge in [-0.25, -0.2) is 12.8 Å². The highest BCUT2D eigenvalue weighted by atomic mass is 32.2. The van der Waals surface area contributed by atoms with Crippen molar-refractivity contribution in [3.8, 4) is 0 Å². The van der Waals surface area contributed by atoms with E-state index in [0.717, 1.165) is 12.1 Å². The van der Waals surface area contributed by atoms with Gasteiger partial charge in [0.25, 0.3) is 0 Å². The third kappa shape index (κ3) is 3.60. The Labute approximate surface area is 88.5 Å². The Morgan fingerprint density at radius 2 is 1.73 bits per heavy atom. The average Bonchev–Trinajstić information content (AvgIpc) is 2.00. The predicted octanol–water partition coefficient (Wildman–Crippen LogP) is 1.37. The minimum absolute atomic E-state index is 0.0195. The van der Waals surface area contributed by atoms with Gasteiger partial charge in [-0.15, -0.1) is 0 Å². The maximum absolute atomic E-state index is 12.6. The molecule has 0 bridgehead atoms. The molecule has 0 unspecified atom stereocenters. The fourth-order valence-corrected chi connectivity index (χ4v) is 2.84. The van der Waals surface area contributed by atoms with E-state index in [1.54, 1.807) is 0 Å². The maximum Gasteiger partial charge on any atom is 0.181 e. The van der Waals surface area contributed by atoms with Crippen LogP contribution >= 0.6 is 0 Å². The van der Waals surface area contributed by atoms with Crippen molar-refractivity contribution >= 4 is 9.84 Å².